The van der Waals surface area contributed by atoms with Gasteiger partial charge in [-0.05, 0) is 12.1 Å². The Morgan fingerprint density at radius 1 is 1.14 bits per heavy atom. The van der Waals surface area contributed by atoms with Crippen LogP contribution < -0.4 is 10.2 Å². The molecule has 0 radical (unpaired) electrons. The van der Waals surface area contributed by atoms with Gasteiger partial charge in [-0.25, -0.2) is 28.4 Å². The lowest BCUT2D eigenvalue weighted by molar-refractivity contribution is -0.137. The van der Waals surface area contributed by atoms with Crippen molar-refractivity contribution in [1.82, 2.24) is 24.7 Å². The number of nitrogens with one attached hydrogen (secondary N) is 1. The molecule has 0 atom stereocenters. The van der Waals surface area contributed by atoms with Gasteiger partial charge in [0, 0.05) is 57.7 Å². The average molecular weight is 612 g/mol. The van der Waals surface area contributed by atoms with Gasteiger partial charge in [0.25, 0.3) is 11.8 Å². The molecule has 0 bridgehead atoms. The molecular formula is C27H34F5N7O2Si. The zero-order valence-electron chi connectivity index (χ0n) is 24.1. The van der Waals surface area contributed by atoms with Crippen molar-refractivity contribution in [3.63, 3.8) is 0 Å². The lowest BCUT2D eigenvalue weighted by Gasteiger charge is -2.24. The highest BCUT2D eigenvalue weighted by Gasteiger charge is 2.41. The molecule has 0 aliphatic carbocycles. The first-order valence-corrected chi connectivity index (χ1v) is 17.2. The molecular weight excluding hydrogens is 577 g/mol. The molecule has 0 unspecified atom stereocenters. The van der Waals surface area contributed by atoms with Crippen LogP contribution in [0.2, 0.25) is 25.7 Å². The van der Waals surface area contributed by atoms with Crippen molar-refractivity contribution in [1.29, 1.82) is 0 Å². The first-order chi connectivity index (χ1) is 19.6. The first kappa shape index (κ1) is 31.5. The molecule has 0 saturated carbocycles. The van der Waals surface area contributed by atoms with Gasteiger partial charge in [0.05, 0.1) is 29.7 Å². The second-order valence-electron chi connectivity index (χ2n) is 11.8. The van der Waals surface area contributed by atoms with Crippen LogP contribution in [0.15, 0.2) is 30.9 Å². The third-order valence-electron chi connectivity index (χ3n) is 6.70. The summed E-state index contributed by atoms with van der Waals surface area (Å²) in [6.07, 6.45) is -0.762. The third-order valence-corrected chi connectivity index (χ3v) is 8.40. The quantitative estimate of drug-likeness (QED) is 0.164. The summed E-state index contributed by atoms with van der Waals surface area (Å²) in [7, 11) is -1.47. The Kier molecular flexibility index (Phi) is 9.02. The largest absolute Gasteiger partial charge is 0.420 e. The van der Waals surface area contributed by atoms with E-state index in [4.69, 9.17) is 4.74 Å². The van der Waals surface area contributed by atoms with Crippen LogP contribution in [-0.2, 0) is 17.6 Å². The molecule has 1 amide bonds. The number of pyridine rings is 1. The molecule has 4 rings (SSSR count). The molecule has 1 fully saturated rings. The second-order valence-corrected chi connectivity index (χ2v) is 17.4. The summed E-state index contributed by atoms with van der Waals surface area (Å²) >= 11 is 0. The Labute approximate surface area is 241 Å². The fourth-order valence-corrected chi connectivity index (χ4v) is 5.13. The average Bonchev–Trinajstić information content (AvgIpc) is 3.49. The Morgan fingerprint density at radius 2 is 1.83 bits per heavy atom. The fourth-order valence-electron chi connectivity index (χ4n) is 4.37. The van der Waals surface area contributed by atoms with Crippen LogP contribution in [0.1, 0.15) is 47.9 Å². The van der Waals surface area contributed by atoms with E-state index in [-0.39, 0.29) is 47.5 Å². The molecule has 0 aromatic carbocycles. The van der Waals surface area contributed by atoms with E-state index in [1.165, 1.54) is 29.6 Å². The van der Waals surface area contributed by atoms with E-state index < -0.39 is 44.6 Å². The summed E-state index contributed by atoms with van der Waals surface area (Å²) < 4.78 is 77.9. The van der Waals surface area contributed by atoms with Gasteiger partial charge < -0.3 is 15.0 Å². The van der Waals surface area contributed by atoms with E-state index in [0.29, 0.717) is 18.6 Å². The zero-order valence-corrected chi connectivity index (χ0v) is 25.1. The van der Waals surface area contributed by atoms with Crippen LogP contribution in [0.3, 0.4) is 0 Å². The fraction of sp³-hybridized carbons (Fsp3) is 0.519. The normalized spacial score (nSPS) is 15.5. The molecule has 1 aliphatic rings. The molecule has 3 aromatic heterocycles. The smallest absolute Gasteiger partial charge is 0.360 e. The third kappa shape index (κ3) is 7.48. The Bertz CT molecular complexity index is 1410. The molecule has 228 valence electrons. The first-order valence-electron chi connectivity index (χ1n) is 13.5. The maximum Gasteiger partial charge on any atom is 0.420 e. The van der Waals surface area contributed by atoms with Gasteiger partial charge >= 0.3 is 6.18 Å². The van der Waals surface area contributed by atoms with E-state index >= 15 is 0 Å². The standard InChI is InChI=1S/C27H34F5N7O2Si/c1-17(2)23-34-12-18(13-35-23)25(40)37-21-19(6-8-33-24(21)38-9-7-26(28,29)15-38)22-20(27(30,31)32)14-36-39(22)16-41-10-11-42(3,4)5/h6,8,12-14,17H,7,9-11,15-16H2,1-5H3,(H,37,40). The van der Waals surface area contributed by atoms with E-state index in [1.54, 1.807) is 0 Å². The van der Waals surface area contributed by atoms with Crippen molar-refractivity contribution in [2.24, 2.45) is 0 Å². The van der Waals surface area contributed by atoms with E-state index in [9.17, 15) is 26.7 Å². The van der Waals surface area contributed by atoms with Gasteiger partial charge in [-0.2, -0.15) is 18.3 Å². The van der Waals surface area contributed by atoms with E-state index in [1.807, 2.05) is 13.8 Å². The van der Waals surface area contributed by atoms with Gasteiger partial charge in [0.15, 0.2) is 5.82 Å². The summed E-state index contributed by atoms with van der Waals surface area (Å²) in [6, 6.07) is 2.08. The van der Waals surface area contributed by atoms with Crippen LogP contribution in [0.4, 0.5) is 33.5 Å². The number of nitrogens with zero attached hydrogens (tertiary/aromatic N) is 6. The number of rotatable bonds is 10. The summed E-state index contributed by atoms with van der Waals surface area (Å²) in [5.74, 6) is -3.34. The minimum absolute atomic E-state index is 0.00418. The molecule has 1 aliphatic heterocycles. The lowest BCUT2D eigenvalue weighted by atomic mass is 10.1. The second kappa shape index (κ2) is 12.0. The molecule has 0 spiro atoms. The molecule has 9 nitrogen and oxygen atoms in total. The van der Waals surface area contributed by atoms with Crippen molar-refractivity contribution in [3.8, 4) is 11.3 Å². The minimum Gasteiger partial charge on any atom is -0.360 e. The Hall–Kier alpha value is -3.46. The Morgan fingerprint density at radius 3 is 2.40 bits per heavy atom. The van der Waals surface area contributed by atoms with Crippen LogP contribution in [0.5, 0.6) is 0 Å². The van der Waals surface area contributed by atoms with E-state index in [2.05, 4.69) is 45.0 Å². The highest BCUT2D eigenvalue weighted by atomic mass is 28.3. The van der Waals surface area contributed by atoms with Crippen molar-refractivity contribution < 1.29 is 31.5 Å². The van der Waals surface area contributed by atoms with Crippen molar-refractivity contribution in [2.75, 3.05) is 29.9 Å². The van der Waals surface area contributed by atoms with Crippen molar-refractivity contribution in [3.05, 3.63) is 47.8 Å². The number of carbonyl (C=O) groups excluding carboxylic acids is 1. The summed E-state index contributed by atoms with van der Waals surface area (Å²) in [5.41, 5.74) is -1.68. The maximum absolute atomic E-state index is 14.2. The van der Waals surface area contributed by atoms with Crippen LogP contribution in [0.25, 0.3) is 11.3 Å². The Balaban J connectivity index is 1.80. The van der Waals surface area contributed by atoms with Crippen LogP contribution in [0, 0.1) is 0 Å². The predicted octanol–water partition coefficient (Wildman–Crippen LogP) is 6.29. The zero-order chi connectivity index (χ0) is 30.9. The maximum atomic E-state index is 14.2. The molecule has 4 heterocycles. The number of carbonyl (C=O) groups is 1. The monoisotopic (exact) mass is 611 g/mol. The number of amides is 1. The molecule has 1 saturated heterocycles. The number of hydrogen-bond acceptors (Lipinski definition) is 7. The number of halogens is 5. The topological polar surface area (TPSA) is 98.1 Å². The van der Waals surface area contributed by atoms with Crippen LogP contribution >= 0.6 is 0 Å². The molecule has 42 heavy (non-hydrogen) atoms. The summed E-state index contributed by atoms with van der Waals surface area (Å²) in [4.78, 5) is 27.1. The van der Waals surface area contributed by atoms with Gasteiger partial charge in [-0.3, -0.25) is 4.79 Å². The van der Waals surface area contributed by atoms with Gasteiger partial charge in [-0.1, -0.05) is 33.5 Å². The number of hydrogen-bond donors (Lipinski definition) is 1. The molecule has 3 aromatic rings. The highest BCUT2D eigenvalue weighted by molar-refractivity contribution is 6.76. The van der Waals surface area contributed by atoms with Gasteiger partial charge in [0.1, 0.15) is 18.1 Å². The highest BCUT2D eigenvalue weighted by Crippen LogP contribution is 2.43. The lowest BCUT2D eigenvalue weighted by Crippen LogP contribution is -2.27. The molecule has 15 heteroatoms. The number of anilines is 2. The van der Waals surface area contributed by atoms with Crippen molar-refractivity contribution in [2.45, 2.75) is 70.7 Å². The van der Waals surface area contributed by atoms with Gasteiger partial charge in [0.2, 0.25) is 0 Å². The number of aromatic nitrogens is 5. The predicted molar refractivity (Wildman–Crippen MR) is 150 cm³/mol. The summed E-state index contributed by atoms with van der Waals surface area (Å²) in [5, 5.41) is 6.56. The van der Waals surface area contributed by atoms with Gasteiger partial charge in [-0.15, -0.1) is 0 Å². The number of alkyl halides is 5. The van der Waals surface area contributed by atoms with Crippen molar-refractivity contribution >= 4 is 25.5 Å². The number of ether oxygens (including phenoxy) is 1. The van der Waals surface area contributed by atoms with Crippen LogP contribution in [-0.4, -0.2) is 64.3 Å². The minimum atomic E-state index is -4.81. The molecule has 1 N–H and O–H groups in total. The summed E-state index contributed by atoms with van der Waals surface area (Å²) in [6.45, 7) is 9.44. The SMILES string of the molecule is CC(C)c1ncc(C(=O)Nc2c(-c3c(C(F)(F)F)cnn3COCC[Si](C)(C)C)ccnc2N2CCC(F)(F)C2)cn1. The van der Waals surface area contributed by atoms with E-state index in [0.717, 1.165) is 10.7 Å².